The number of hydrogen-bond acceptors (Lipinski definition) is 3. The first-order valence-electron chi connectivity index (χ1n) is 6.00. The fraction of sp³-hybridized carbons (Fsp3) is 0.0714. The van der Waals surface area contributed by atoms with Gasteiger partial charge in [0.1, 0.15) is 0 Å². The van der Waals surface area contributed by atoms with Gasteiger partial charge in [-0.2, -0.15) is 5.10 Å². The summed E-state index contributed by atoms with van der Waals surface area (Å²) in [6.07, 6.45) is 3.65. The molecule has 2 aromatic heterocycles. The summed E-state index contributed by atoms with van der Waals surface area (Å²) < 4.78 is 2.60. The molecule has 0 saturated carbocycles. The van der Waals surface area contributed by atoms with Crippen LogP contribution in [0.25, 0.3) is 5.69 Å². The molecule has 2 heterocycles. The third-order valence-corrected chi connectivity index (χ3v) is 4.26. The number of halogens is 2. The fourth-order valence-corrected chi connectivity index (χ4v) is 3.09. The summed E-state index contributed by atoms with van der Waals surface area (Å²) in [7, 11) is 0. The Bertz CT molecular complexity index is 707. The molecule has 3 aromatic rings. The maximum atomic E-state index is 6.08. The highest BCUT2D eigenvalue weighted by molar-refractivity contribution is 7.16. The topological polar surface area (TPSA) is 29.9 Å². The highest BCUT2D eigenvalue weighted by Crippen LogP contribution is 2.26. The number of nitrogens with zero attached hydrogens (tertiary/aromatic N) is 2. The van der Waals surface area contributed by atoms with E-state index in [1.807, 2.05) is 42.6 Å². The molecule has 0 radical (unpaired) electrons. The zero-order valence-corrected chi connectivity index (χ0v) is 12.7. The number of thiophene rings is 1. The van der Waals surface area contributed by atoms with E-state index in [2.05, 4.69) is 10.4 Å². The minimum atomic E-state index is 0.688. The molecule has 0 aliphatic heterocycles. The fourth-order valence-electron chi connectivity index (χ4n) is 1.89. The molecule has 0 bridgehead atoms. The molecular formula is C14H11Cl2N3S. The first kappa shape index (κ1) is 13.5. The van der Waals surface area contributed by atoms with Gasteiger partial charge in [0.15, 0.2) is 0 Å². The average Bonchev–Trinajstić information content (AvgIpc) is 3.08. The van der Waals surface area contributed by atoms with Gasteiger partial charge < -0.3 is 5.32 Å². The second kappa shape index (κ2) is 5.87. The van der Waals surface area contributed by atoms with Gasteiger partial charge in [0.2, 0.25) is 0 Å². The molecule has 1 N–H and O–H groups in total. The minimum Gasteiger partial charge on any atom is -0.378 e. The normalized spacial score (nSPS) is 10.7. The molecule has 20 heavy (non-hydrogen) atoms. The summed E-state index contributed by atoms with van der Waals surface area (Å²) in [6, 6.07) is 11.5. The third-order valence-electron chi connectivity index (χ3n) is 2.79. The first-order chi connectivity index (χ1) is 9.72. The van der Waals surface area contributed by atoms with Gasteiger partial charge in [-0.15, -0.1) is 11.3 Å². The van der Waals surface area contributed by atoms with E-state index in [4.69, 9.17) is 23.2 Å². The predicted molar refractivity (Wildman–Crippen MR) is 85.2 cm³/mol. The lowest BCUT2D eigenvalue weighted by Gasteiger charge is -2.12. The van der Waals surface area contributed by atoms with Crippen LogP contribution in [-0.2, 0) is 6.54 Å². The standard InChI is InChI=1S/C14H11Cl2N3S/c15-10-2-4-13(19-7-1-6-18-19)12(8-10)17-9-11-3-5-14(16)20-11/h1-8,17H,9H2. The zero-order valence-electron chi connectivity index (χ0n) is 10.4. The Kier molecular flexibility index (Phi) is 3.96. The van der Waals surface area contributed by atoms with E-state index in [0.717, 1.165) is 15.7 Å². The predicted octanol–water partition coefficient (Wildman–Crippen LogP) is 4.85. The van der Waals surface area contributed by atoms with Crippen molar-refractivity contribution in [1.29, 1.82) is 0 Å². The molecule has 102 valence electrons. The lowest BCUT2D eigenvalue weighted by molar-refractivity contribution is 0.879. The Balaban J connectivity index is 1.86. The van der Waals surface area contributed by atoms with Crippen molar-refractivity contribution in [2.75, 3.05) is 5.32 Å². The Morgan fingerprint density at radius 1 is 1.20 bits per heavy atom. The molecule has 3 nitrogen and oxygen atoms in total. The van der Waals surface area contributed by atoms with Crippen molar-refractivity contribution in [3.8, 4) is 5.69 Å². The Hall–Kier alpha value is -1.49. The van der Waals surface area contributed by atoms with Gasteiger partial charge in [0.25, 0.3) is 0 Å². The van der Waals surface area contributed by atoms with Crippen molar-refractivity contribution >= 4 is 40.2 Å². The minimum absolute atomic E-state index is 0.688. The number of nitrogens with one attached hydrogen (secondary N) is 1. The van der Waals surface area contributed by atoms with Crippen LogP contribution in [0.3, 0.4) is 0 Å². The highest BCUT2D eigenvalue weighted by Gasteiger charge is 2.06. The van der Waals surface area contributed by atoms with Gasteiger partial charge in [0, 0.05) is 28.8 Å². The van der Waals surface area contributed by atoms with Gasteiger partial charge in [-0.3, -0.25) is 0 Å². The lowest BCUT2D eigenvalue weighted by Crippen LogP contribution is -2.04. The smallest absolute Gasteiger partial charge is 0.0931 e. The quantitative estimate of drug-likeness (QED) is 0.743. The van der Waals surface area contributed by atoms with E-state index in [1.165, 1.54) is 4.88 Å². The van der Waals surface area contributed by atoms with E-state index in [-0.39, 0.29) is 0 Å². The molecule has 0 saturated heterocycles. The third kappa shape index (κ3) is 2.98. The van der Waals surface area contributed by atoms with Crippen molar-refractivity contribution in [2.45, 2.75) is 6.54 Å². The molecule has 6 heteroatoms. The van der Waals surface area contributed by atoms with Crippen molar-refractivity contribution in [2.24, 2.45) is 0 Å². The summed E-state index contributed by atoms with van der Waals surface area (Å²) in [5, 5.41) is 8.32. The van der Waals surface area contributed by atoms with E-state index in [9.17, 15) is 0 Å². The molecule has 0 amide bonds. The molecular weight excluding hydrogens is 313 g/mol. The molecule has 3 rings (SSSR count). The number of hydrogen-bond donors (Lipinski definition) is 1. The lowest BCUT2D eigenvalue weighted by atomic mass is 10.2. The van der Waals surface area contributed by atoms with Crippen molar-refractivity contribution in [3.05, 3.63) is 63.0 Å². The van der Waals surface area contributed by atoms with Crippen LogP contribution in [0.15, 0.2) is 48.8 Å². The maximum absolute atomic E-state index is 6.08. The van der Waals surface area contributed by atoms with Crippen LogP contribution in [0.1, 0.15) is 4.88 Å². The van der Waals surface area contributed by atoms with Crippen LogP contribution >= 0.6 is 34.5 Å². The molecule has 0 spiro atoms. The highest BCUT2D eigenvalue weighted by atomic mass is 35.5. The monoisotopic (exact) mass is 323 g/mol. The van der Waals surface area contributed by atoms with Crippen LogP contribution in [0.2, 0.25) is 9.36 Å². The summed E-state index contributed by atoms with van der Waals surface area (Å²) in [6.45, 7) is 0.700. The van der Waals surface area contributed by atoms with Gasteiger partial charge in [-0.1, -0.05) is 23.2 Å². The average molecular weight is 324 g/mol. The van der Waals surface area contributed by atoms with Crippen LogP contribution < -0.4 is 5.32 Å². The molecule has 0 aliphatic carbocycles. The van der Waals surface area contributed by atoms with Gasteiger partial charge >= 0.3 is 0 Å². The summed E-state index contributed by atoms with van der Waals surface area (Å²) in [5.41, 5.74) is 1.90. The molecule has 0 unspecified atom stereocenters. The van der Waals surface area contributed by atoms with Crippen LogP contribution in [0.4, 0.5) is 5.69 Å². The van der Waals surface area contributed by atoms with Crippen LogP contribution in [0, 0.1) is 0 Å². The zero-order chi connectivity index (χ0) is 13.9. The number of rotatable bonds is 4. The summed E-state index contributed by atoms with van der Waals surface area (Å²) in [4.78, 5) is 1.17. The summed E-state index contributed by atoms with van der Waals surface area (Å²) >= 11 is 13.6. The van der Waals surface area contributed by atoms with E-state index >= 15 is 0 Å². The second-order valence-electron chi connectivity index (χ2n) is 4.17. The molecule has 0 fully saturated rings. The van der Waals surface area contributed by atoms with Gasteiger partial charge in [0.05, 0.1) is 15.7 Å². The Morgan fingerprint density at radius 3 is 2.80 bits per heavy atom. The van der Waals surface area contributed by atoms with Gasteiger partial charge in [-0.25, -0.2) is 4.68 Å². The molecule has 0 atom stereocenters. The van der Waals surface area contributed by atoms with Crippen molar-refractivity contribution in [1.82, 2.24) is 9.78 Å². The largest absolute Gasteiger partial charge is 0.378 e. The van der Waals surface area contributed by atoms with Crippen molar-refractivity contribution < 1.29 is 0 Å². The van der Waals surface area contributed by atoms with Crippen molar-refractivity contribution in [3.63, 3.8) is 0 Å². The van der Waals surface area contributed by atoms with Crippen LogP contribution in [-0.4, -0.2) is 9.78 Å². The Morgan fingerprint density at radius 2 is 2.10 bits per heavy atom. The number of benzene rings is 1. The Labute approximate surface area is 130 Å². The maximum Gasteiger partial charge on any atom is 0.0931 e. The van der Waals surface area contributed by atoms with Gasteiger partial charge in [-0.05, 0) is 36.4 Å². The van der Waals surface area contributed by atoms with E-state index in [1.54, 1.807) is 22.2 Å². The van der Waals surface area contributed by atoms with E-state index < -0.39 is 0 Å². The summed E-state index contributed by atoms with van der Waals surface area (Å²) in [5.74, 6) is 0. The SMILES string of the molecule is Clc1ccc(-n2cccn2)c(NCc2ccc(Cl)s2)c1. The van der Waals surface area contributed by atoms with Crippen LogP contribution in [0.5, 0.6) is 0 Å². The molecule has 1 aromatic carbocycles. The van der Waals surface area contributed by atoms with E-state index in [0.29, 0.717) is 11.6 Å². The second-order valence-corrected chi connectivity index (χ2v) is 6.41. The number of anilines is 1. The molecule has 0 aliphatic rings. The number of aromatic nitrogens is 2. The first-order valence-corrected chi connectivity index (χ1v) is 7.57.